The smallest absolute Gasteiger partial charge is 0.0346 e. The third kappa shape index (κ3) is 2.66. The van der Waals surface area contributed by atoms with E-state index in [0.717, 1.165) is 11.1 Å². The lowest BCUT2D eigenvalue weighted by Gasteiger charge is -2.11. The lowest BCUT2D eigenvalue weighted by atomic mass is 9.96. The summed E-state index contributed by atoms with van der Waals surface area (Å²) in [6.45, 7) is 11.8. The van der Waals surface area contributed by atoms with Gasteiger partial charge in [0.2, 0.25) is 0 Å². The van der Waals surface area contributed by atoms with E-state index in [1.54, 1.807) is 6.08 Å². The molecule has 0 aliphatic heterocycles. The molecule has 1 aromatic rings. The molecule has 1 nitrogen and oxygen atoms in total. The molecule has 0 saturated carbocycles. The van der Waals surface area contributed by atoms with Gasteiger partial charge in [-0.2, -0.15) is 0 Å². The van der Waals surface area contributed by atoms with Crippen molar-refractivity contribution >= 4 is 12.2 Å². The SMILES string of the molecule is C=C/C=C\c1cncc(C(C)C)c1C=C. The van der Waals surface area contributed by atoms with Gasteiger partial charge in [0.05, 0.1) is 0 Å². The quantitative estimate of drug-likeness (QED) is 0.667. The molecule has 1 rings (SSSR count). The molecule has 0 saturated heterocycles. The first-order valence-corrected chi connectivity index (χ1v) is 5.10. The van der Waals surface area contributed by atoms with Gasteiger partial charge in [0.1, 0.15) is 0 Å². The minimum Gasteiger partial charge on any atom is -0.264 e. The predicted molar refractivity (Wildman–Crippen MR) is 67.6 cm³/mol. The highest BCUT2D eigenvalue weighted by Gasteiger charge is 2.07. The van der Waals surface area contributed by atoms with E-state index in [4.69, 9.17) is 0 Å². The van der Waals surface area contributed by atoms with Crippen molar-refractivity contribution in [2.45, 2.75) is 19.8 Å². The van der Waals surface area contributed by atoms with Gasteiger partial charge in [0.15, 0.2) is 0 Å². The number of allylic oxidation sites excluding steroid dienone is 2. The molecule has 1 aromatic heterocycles. The Kier molecular flexibility index (Phi) is 4.04. The Balaban J connectivity index is 3.27. The number of nitrogens with zero attached hydrogens (tertiary/aromatic N) is 1. The highest BCUT2D eigenvalue weighted by atomic mass is 14.6. The van der Waals surface area contributed by atoms with Crippen LogP contribution in [0.2, 0.25) is 0 Å². The molecule has 0 unspecified atom stereocenters. The summed E-state index contributed by atoms with van der Waals surface area (Å²) in [5.41, 5.74) is 3.49. The molecule has 0 aromatic carbocycles. The van der Waals surface area contributed by atoms with Crippen molar-refractivity contribution in [1.29, 1.82) is 0 Å². The molecule has 1 heteroatoms. The van der Waals surface area contributed by atoms with Gasteiger partial charge in [-0.1, -0.05) is 51.3 Å². The summed E-state index contributed by atoms with van der Waals surface area (Å²) in [6, 6.07) is 0. The van der Waals surface area contributed by atoms with Crippen LogP contribution in [0.1, 0.15) is 36.5 Å². The summed E-state index contributed by atoms with van der Waals surface area (Å²) >= 11 is 0. The Hall–Kier alpha value is -1.63. The molecule has 0 aliphatic carbocycles. The lowest BCUT2D eigenvalue weighted by molar-refractivity contribution is 0.854. The molecule has 0 amide bonds. The number of pyridine rings is 1. The molecule has 0 atom stereocenters. The van der Waals surface area contributed by atoms with Crippen LogP contribution in [-0.2, 0) is 0 Å². The van der Waals surface area contributed by atoms with Gasteiger partial charge in [-0.15, -0.1) is 0 Å². The zero-order valence-electron chi connectivity index (χ0n) is 9.40. The van der Waals surface area contributed by atoms with E-state index >= 15 is 0 Å². The maximum atomic E-state index is 4.23. The third-order valence-corrected chi connectivity index (χ3v) is 2.29. The van der Waals surface area contributed by atoms with Crippen LogP contribution in [0.25, 0.3) is 12.2 Å². The molecule has 0 spiro atoms. The zero-order valence-corrected chi connectivity index (χ0v) is 9.40. The molecule has 0 N–H and O–H groups in total. The molecule has 1 heterocycles. The summed E-state index contributed by atoms with van der Waals surface area (Å²) in [5.74, 6) is 0.461. The molecule has 78 valence electrons. The molecule has 0 aliphatic rings. The van der Waals surface area contributed by atoms with E-state index < -0.39 is 0 Å². The van der Waals surface area contributed by atoms with Gasteiger partial charge in [0.25, 0.3) is 0 Å². The fourth-order valence-electron chi connectivity index (χ4n) is 1.50. The largest absolute Gasteiger partial charge is 0.264 e. The highest BCUT2D eigenvalue weighted by Crippen LogP contribution is 2.23. The molecule has 15 heavy (non-hydrogen) atoms. The van der Waals surface area contributed by atoms with Crippen molar-refractivity contribution < 1.29 is 0 Å². The Bertz CT molecular complexity index is 386. The monoisotopic (exact) mass is 199 g/mol. The Morgan fingerprint density at radius 1 is 1.27 bits per heavy atom. The van der Waals surface area contributed by atoms with Gasteiger partial charge < -0.3 is 0 Å². The predicted octanol–water partition coefficient (Wildman–Crippen LogP) is 4.05. The highest BCUT2D eigenvalue weighted by molar-refractivity contribution is 5.67. The van der Waals surface area contributed by atoms with Gasteiger partial charge in [-0.3, -0.25) is 4.98 Å². The minimum atomic E-state index is 0.461. The Morgan fingerprint density at radius 3 is 2.53 bits per heavy atom. The molecular weight excluding hydrogens is 182 g/mol. The molecule has 0 radical (unpaired) electrons. The van der Waals surface area contributed by atoms with Crippen molar-refractivity contribution in [2.24, 2.45) is 0 Å². The second-order valence-electron chi connectivity index (χ2n) is 3.69. The van der Waals surface area contributed by atoms with Crippen LogP contribution in [0.4, 0.5) is 0 Å². The average Bonchev–Trinajstić information content (AvgIpc) is 2.25. The van der Waals surface area contributed by atoms with E-state index in [2.05, 4.69) is 32.0 Å². The number of hydrogen-bond acceptors (Lipinski definition) is 1. The first-order valence-electron chi connectivity index (χ1n) is 5.10. The van der Waals surface area contributed by atoms with Gasteiger partial charge >= 0.3 is 0 Å². The van der Waals surface area contributed by atoms with Gasteiger partial charge in [-0.25, -0.2) is 0 Å². The summed E-state index contributed by atoms with van der Waals surface area (Å²) in [4.78, 5) is 4.23. The molecule has 0 fully saturated rings. The average molecular weight is 199 g/mol. The summed E-state index contributed by atoms with van der Waals surface area (Å²) in [6.07, 6.45) is 11.3. The van der Waals surface area contributed by atoms with Crippen LogP contribution in [-0.4, -0.2) is 4.98 Å². The van der Waals surface area contributed by atoms with Crippen LogP contribution in [0, 0.1) is 0 Å². The minimum absolute atomic E-state index is 0.461. The normalized spacial score (nSPS) is 10.9. The molecular formula is C14H17N. The van der Waals surface area contributed by atoms with Crippen molar-refractivity contribution in [3.8, 4) is 0 Å². The first kappa shape index (κ1) is 11.4. The summed E-state index contributed by atoms with van der Waals surface area (Å²) in [7, 11) is 0. The van der Waals surface area contributed by atoms with Crippen LogP contribution in [0.5, 0.6) is 0 Å². The number of hydrogen-bond donors (Lipinski definition) is 0. The van der Waals surface area contributed by atoms with Crippen molar-refractivity contribution in [1.82, 2.24) is 4.98 Å². The Morgan fingerprint density at radius 2 is 2.00 bits per heavy atom. The van der Waals surface area contributed by atoms with Crippen LogP contribution in [0.3, 0.4) is 0 Å². The van der Waals surface area contributed by atoms with E-state index in [1.807, 2.05) is 30.6 Å². The van der Waals surface area contributed by atoms with Gasteiger partial charge in [0, 0.05) is 18.0 Å². The first-order chi connectivity index (χ1) is 7.20. The van der Waals surface area contributed by atoms with Crippen molar-refractivity contribution in [3.05, 3.63) is 54.4 Å². The summed E-state index contributed by atoms with van der Waals surface area (Å²) in [5, 5.41) is 0. The maximum absolute atomic E-state index is 4.23. The Labute approximate surface area is 91.9 Å². The van der Waals surface area contributed by atoms with Crippen LogP contribution in [0.15, 0.2) is 37.7 Å². The van der Waals surface area contributed by atoms with Gasteiger partial charge in [-0.05, 0) is 17.0 Å². The fraction of sp³-hybridized carbons (Fsp3) is 0.214. The maximum Gasteiger partial charge on any atom is 0.0346 e. The van der Waals surface area contributed by atoms with E-state index in [1.165, 1.54) is 5.56 Å². The van der Waals surface area contributed by atoms with E-state index in [-0.39, 0.29) is 0 Å². The lowest BCUT2D eigenvalue weighted by Crippen LogP contribution is -1.95. The fourth-order valence-corrected chi connectivity index (χ4v) is 1.50. The zero-order chi connectivity index (χ0) is 11.3. The number of rotatable bonds is 4. The van der Waals surface area contributed by atoms with E-state index in [9.17, 15) is 0 Å². The number of aromatic nitrogens is 1. The summed E-state index contributed by atoms with van der Waals surface area (Å²) < 4.78 is 0. The standard InChI is InChI=1S/C14H17N/c1-5-7-8-12-9-15-10-14(11(3)4)13(12)6-2/h5-11H,1-2H2,3-4H3/b8-7-. The van der Waals surface area contributed by atoms with Crippen LogP contribution >= 0.6 is 0 Å². The van der Waals surface area contributed by atoms with Crippen LogP contribution < -0.4 is 0 Å². The second-order valence-corrected chi connectivity index (χ2v) is 3.69. The molecule has 0 bridgehead atoms. The third-order valence-electron chi connectivity index (χ3n) is 2.29. The topological polar surface area (TPSA) is 12.9 Å². The second kappa shape index (κ2) is 5.30. The van der Waals surface area contributed by atoms with Crippen molar-refractivity contribution in [3.63, 3.8) is 0 Å². The van der Waals surface area contributed by atoms with Crippen molar-refractivity contribution in [2.75, 3.05) is 0 Å². The van der Waals surface area contributed by atoms with E-state index in [0.29, 0.717) is 5.92 Å².